The highest BCUT2D eigenvalue weighted by Crippen LogP contribution is 2.53. The summed E-state index contributed by atoms with van der Waals surface area (Å²) in [5, 5.41) is 0. The molecule has 0 aliphatic carbocycles. The van der Waals surface area contributed by atoms with Crippen molar-refractivity contribution in [1.82, 2.24) is 0 Å². The number of para-hydroxylation sites is 2. The van der Waals surface area contributed by atoms with Crippen LogP contribution < -0.4 is 9.26 Å². The van der Waals surface area contributed by atoms with Crippen LogP contribution in [0.25, 0.3) is 0 Å². The number of ether oxygens (including phenoxy) is 1. The fourth-order valence-corrected chi connectivity index (χ4v) is 2.55. The molecular formula is C9H11O4P. The molecule has 76 valence electrons. The second-order valence-electron chi connectivity index (χ2n) is 2.84. The van der Waals surface area contributed by atoms with E-state index < -0.39 is 7.60 Å². The number of hydrogen-bond acceptors (Lipinski definition) is 4. The molecule has 0 spiro atoms. The lowest BCUT2D eigenvalue weighted by Gasteiger charge is -2.25. The molecule has 0 bridgehead atoms. The largest absolute Gasteiger partial charge is 0.476 e. The van der Waals surface area contributed by atoms with Crippen molar-refractivity contribution in [3.8, 4) is 11.5 Å². The fourth-order valence-electron chi connectivity index (χ4n) is 1.23. The molecule has 0 aromatic heterocycles. The molecular weight excluding hydrogens is 203 g/mol. The van der Waals surface area contributed by atoms with Crippen molar-refractivity contribution in [1.29, 1.82) is 0 Å². The molecule has 5 heteroatoms. The molecule has 1 heterocycles. The Morgan fingerprint density at radius 1 is 1.43 bits per heavy atom. The van der Waals surface area contributed by atoms with Gasteiger partial charge in [-0.15, -0.1) is 0 Å². The van der Waals surface area contributed by atoms with E-state index in [-0.39, 0.29) is 6.35 Å². The Labute approximate surface area is 82.3 Å². The highest BCUT2D eigenvalue weighted by atomic mass is 31.2. The van der Waals surface area contributed by atoms with Gasteiger partial charge in [-0.2, -0.15) is 0 Å². The Morgan fingerprint density at radius 2 is 2.14 bits per heavy atom. The summed E-state index contributed by atoms with van der Waals surface area (Å²) in [6, 6.07) is 7.11. The molecule has 1 aliphatic rings. The first-order valence-corrected chi connectivity index (χ1v) is 6.11. The van der Waals surface area contributed by atoms with E-state index in [4.69, 9.17) is 13.8 Å². The van der Waals surface area contributed by atoms with Gasteiger partial charge in [0.15, 0.2) is 11.5 Å². The summed E-state index contributed by atoms with van der Waals surface area (Å²) in [5.41, 5.74) is 0. The average Bonchev–Trinajstić information content (AvgIpc) is 2.17. The van der Waals surface area contributed by atoms with Crippen molar-refractivity contribution in [2.75, 3.05) is 13.0 Å². The first kappa shape index (κ1) is 9.56. The number of hydrogen-bond donors (Lipinski definition) is 0. The minimum absolute atomic E-state index is 0.0160. The van der Waals surface area contributed by atoms with Crippen LogP contribution in [0.3, 0.4) is 0 Å². The molecule has 0 saturated heterocycles. The molecule has 0 amide bonds. The standard InChI is InChI=1S/C9H11O4P/c1-2-12-14(10)7-11-8-5-3-4-6-9(8)13-14/h3-6H,2,7H2,1H3. The van der Waals surface area contributed by atoms with Crippen LogP contribution in [0.4, 0.5) is 0 Å². The lowest BCUT2D eigenvalue weighted by Crippen LogP contribution is -2.12. The monoisotopic (exact) mass is 214 g/mol. The molecule has 0 N–H and O–H groups in total. The molecule has 0 fully saturated rings. The highest BCUT2D eigenvalue weighted by molar-refractivity contribution is 7.54. The smallest absolute Gasteiger partial charge is 0.416 e. The summed E-state index contributed by atoms with van der Waals surface area (Å²) in [5.74, 6) is 1.09. The van der Waals surface area contributed by atoms with E-state index in [0.717, 1.165) is 0 Å². The molecule has 1 aromatic rings. The van der Waals surface area contributed by atoms with Gasteiger partial charge in [-0.05, 0) is 19.1 Å². The normalized spacial score (nSPS) is 24.6. The molecule has 1 aromatic carbocycles. The number of benzene rings is 1. The van der Waals surface area contributed by atoms with Gasteiger partial charge in [0.25, 0.3) is 0 Å². The van der Waals surface area contributed by atoms with Gasteiger partial charge in [-0.25, -0.2) is 4.57 Å². The maximum atomic E-state index is 11.8. The molecule has 4 nitrogen and oxygen atoms in total. The van der Waals surface area contributed by atoms with Crippen molar-refractivity contribution in [3.05, 3.63) is 24.3 Å². The minimum Gasteiger partial charge on any atom is -0.476 e. The second-order valence-corrected chi connectivity index (χ2v) is 4.76. The third-order valence-electron chi connectivity index (χ3n) is 1.79. The van der Waals surface area contributed by atoms with Gasteiger partial charge in [0, 0.05) is 0 Å². The molecule has 14 heavy (non-hydrogen) atoms. The van der Waals surface area contributed by atoms with Crippen LogP contribution in [-0.2, 0) is 9.09 Å². The van der Waals surface area contributed by atoms with Crippen molar-refractivity contribution in [2.24, 2.45) is 0 Å². The van der Waals surface area contributed by atoms with Gasteiger partial charge in [0.1, 0.15) is 0 Å². The van der Waals surface area contributed by atoms with E-state index in [1.807, 2.05) is 6.07 Å². The van der Waals surface area contributed by atoms with E-state index in [0.29, 0.717) is 18.1 Å². The minimum atomic E-state index is -3.07. The lowest BCUT2D eigenvalue weighted by atomic mass is 10.3. The maximum absolute atomic E-state index is 11.8. The van der Waals surface area contributed by atoms with E-state index in [9.17, 15) is 4.57 Å². The predicted molar refractivity (Wildman–Crippen MR) is 51.8 cm³/mol. The van der Waals surface area contributed by atoms with Crippen LogP contribution in [0.15, 0.2) is 24.3 Å². The van der Waals surface area contributed by atoms with Crippen LogP contribution in [0, 0.1) is 0 Å². The lowest BCUT2D eigenvalue weighted by molar-refractivity contribution is 0.224. The molecule has 2 rings (SSSR count). The van der Waals surface area contributed by atoms with Crippen molar-refractivity contribution in [2.45, 2.75) is 6.92 Å². The van der Waals surface area contributed by atoms with Gasteiger partial charge in [-0.1, -0.05) is 12.1 Å². The van der Waals surface area contributed by atoms with Gasteiger partial charge < -0.3 is 9.26 Å². The van der Waals surface area contributed by atoms with Crippen molar-refractivity contribution >= 4 is 7.60 Å². The summed E-state index contributed by atoms with van der Waals surface area (Å²) in [4.78, 5) is 0. The maximum Gasteiger partial charge on any atom is 0.416 e. The number of rotatable bonds is 2. The zero-order chi connectivity index (χ0) is 10.0. The molecule has 0 radical (unpaired) electrons. The summed E-state index contributed by atoms with van der Waals surface area (Å²) >= 11 is 0. The zero-order valence-corrected chi connectivity index (χ0v) is 8.70. The zero-order valence-electron chi connectivity index (χ0n) is 7.80. The van der Waals surface area contributed by atoms with Crippen LogP contribution in [0.5, 0.6) is 11.5 Å². The molecule has 1 atom stereocenters. The van der Waals surface area contributed by atoms with Crippen LogP contribution in [-0.4, -0.2) is 13.0 Å². The van der Waals surface area contributed by atoms with Crippen LogP contribution in [0.1, 0.15) is 6.92 Å². The SMILES string of the molecule is CCOP1(=O)COc2ccccc2O1. The Hall–Kier alpha value is -0.990. The first-order chi connectivity index (χ1) is 6.73. The van der Waals surface area contributed by atoms with Gasteiger partial charge in [0.2, 0.25) is 6.35 Å². The van der Waals surface area contributed by atoms with E-state index in [1.54, 1.807) is 25.1 Å². The molecule has 0 saturated carbocycles. The van der Waals surface area contributed by atoms with Crippen LogP contribution in [0.2, 0.25) is 0 Å². The van der Waals surface area contributed by atoms with Gasteiger partial charge in [0.05, 0.1) is 6.61 Å². The predicted octanol–water partition coefficient (Wildman–Crippen LogP) is 2.64. The van der Waals surface area contributed by atoms with E-state index in [2.05, 4.69) is 0 Å². The fraction of sp³-hybridized carbons (Fsp3) is 0.333. The summed E-state index contributed by atoms with van der Waals surface area (Å²) in [6.07, 6.45) is -0.0160. The first-order valence-electron chi connectivity index (χ1n) is 4.38. The summed E-state index contributed by atoms with van der Waals surface area (Å²) in [6.45, 7) is 2.12. The van der Waals surface area contributed by atoms with Crippen LogP contribution >= 0.6 is 7.60 Å². The van der Waals surface area contributed by atoms with E-state index >= 15 is 0 Å². The summed E-state index contributed by atoms with van der Waals surface area (Å²) < 4.78 is 27.4. The third-order valence-corrected chi connectivity index (χ3v) is 3.36. The average molecular weight is 214 g/mol. The Balaban J connectivity index is 2.25. The quantitative estimate of drug-likeness (QED) is 0.710. The van der Waals surface area contributed by atoms with Crippen molar-refractivity contribution in [3.63, 3.8) is 0 Å². The Morgan fingerprint density at radius 3 is 2.86 bits per heavy atom. The van der Waals surface area contributed by atoms with Gasteiger partial charge in [-0.3, -0.25) is 4.52 Å². The molecule has 1 aliphatic heterocycles. The topological polar surface area (TPSA) is 44.8 Å². The summed E-state index contributed by atoms with van der Waals surface area (Å²) in [7, 11) is -3.07. The highest BCUT2D eigenvalue weighted by Gasteiger charge is 2.32. The Bertz CT molecular complexity index is 377. The third kappa shape index (κ3) is 1.76. The van der Waals surface area contributed by atoms with Gasteiger partial charge >= 0.3 is 7.60 Å². The van der Waals surface area contributed by atoms with E-state index in [1.165, 1.54) is 0 Å². The second kappa shape index (κ2) is 3.64. The number of fused-ring (bicyclic) bond motifs is 1. The Kier molecular flexibility index (Phi) is 2.48. The molecule has 1 unspecified atom stereocenters. The van der Waals surface area contributed by atoms with Crippen molar-refractivity contribution < 1.29 is 18.3 Å².